The summed E-state index contributed by atoms with van der Waals surface area (Å²) in [5, 5.41) is 3.89. The van der Waals surface area contributed by atoms with Crippen LogP contribution in [0.5, 0.6) is 0 Å². The van der Waals surface area contributed by atoms with Crippen LogP contribution in [0.4, 0.5) is 10.1 Å². The Balaban J connectivity index is 1.97. The molecule has 0 amide bonds. The van der Waals surface area contributed by atoms with Crippen LogP contribution in [-0.2, 0) is 0 Å². The molecule has 1 heterocycles. The van der Waals surface area contributed by atoms with Gasteiger partial charge in [-0.3, -0.25) is 0 Å². The van der Waals surface area contributed by atoms with E-state index in [0.717, 1.165) is 12.8 Å². The number of nitrogen functional groups attached to an aromatic ring is 1. The summed E-state index contributed by atoms with van der Waals surface area (Å²) >= 11 is 0. The first-order chi connectivity index (χ1) is 8.24. The van der Waals surface area contributed by atoms with E-state index < -0.39 is 5.82 Å². The summed E-state index contributed by atoms with van der Waals surface area (Å²) in [6.07, 6.45) is 3.36. The lowest BCUT2D eigenvalue weighted by Crippen LogP contribution is -2.10. The van der Waals surface area contributed by atoms with Crippen LogP contribution in [0.2, 0.25) is 0 Å². The molecule has 17 heavy (non-hydrogen) atoms. The molecule has 3 rings (SSSR count). The van der Waals surface area contributed by atoms with Crippen LogP contribution in [0, 0.1) is 5.82 Å². The minimum atomic E-state index is -0.400. The Morgan fingerprint density at radius 2 is 2.18 bits per heavy atom. The SMILES string of the molecule is Nc1ccc(F)c(-c2nc(C3CCC3)no2)c1. The largest absolute Gasteiger partial charge is 0.399 e. The van der Waals surface area contributed by atoms with Gasteiger partial charge < -0.3 is 10.3 Å². The van der Waals surface area contributed by atoms with Gasteiger partial charge in [0.1, 0.15) is 5.82 Å². The molecule has 1 aliphatic rings. The topological polar surface area (TPSA) is 64.9 Å². The molecule has 88 valence electrons. The fourth-order valence-corrected chi connectivity index (χ4v) is 1.88. The molecule has 0 bridgehead atoms. The standard InChI is InChI=1S/C12H12FN3O/c13-10-5-4-8(14)6-9(10)12-15-11(16-17-12)7-2-1-3-7/h4-7H,1-3,14H2. The molecule has 1 aliphatic carbocycles. The maximum absolute atomic E-state index is 13.6. The molecule has 1 saturated carbocycles. The average molecular weight is 233 g/mol. The average Bonchev–Trinajstić information content (AvgIpc) is 2.68. The second kappa shape index (κ2) is 3.84. The third-order valence-electron chi connectivity index (χ3n) is 3.13. The van der Waals surface area contributed by atoms with Crippen molar-refractivity contribution >= 4 is 5.69 Å². The predicted octanol–water partition coefficient (Wildman–Crippen LogP) is 2.73. The lowest BCUT2D eigenvalue weighted by molar-refractivity contribution is 0.365. The van der Waals surface area contributed by atoms with Gasteiger partial charge in [-0.1, -0.05) is 11.6 Å². The highest BCUT2D eigenvalue weighted by Crippen LogP contribution is 2.35. The molecule has 0 aliphatic heterocycles. The zero-order chi connectivity index (χ0) is 11.8. The Bertz CT molecular complexity index is 548. The van der Waals surface area contributed by atoms with E-state index in [0.29, 0.717) is 17.4 Å². The quantitative estimate of drug-likeness (QED) is 0.810. The van der Waals surface area contributed by atoms with E-state index in [9.17, 15) is 4.39 Å². The fraction of sp³-hybridized carbons (Fsp3) is 0.333. The Morgan fingerprint density at radius 1 is 1.35 bits per heavy atom. The van der Waals surface area contributed by atoms with Gasteiger partial charge in [-0.25, -0.2) is 4.39 Å². The number of benzene rings is 1. The Labute approximate surface area is 97.6 Å². The van der Waals surface area contributed by atoms with E-state index in [4.69, 9.17) is 10.3 Å². The van der Waals surface area contributed by atoms with Crippen LogP contribution in [0.15, 0.2) is 22.7 Å². The minimum absolute atomic E-state index is 0.205. The summed E-state index contributed by atoms with van der Waals surface area (Å²) < 4.78 is 18.7. The molecule has 2 N–H and O–H groups in total. The zero-order valence-electron chi connectivity index (χ0n) is 9.19. The summed E-state index contributed by atoms with van der Waals surface area (Å²) in [7, 11) is 0. The number of hydrogen-bond donors (Lipinski definition) is 1. The Kier molecular flexibility index (Phi) is 2.31. The number of halogens is 1. The number of aromatic nitrogens is 2. The van der Waals surface area contributed by atoms with Crippen LogP contribution >= 0.6 is 0 Å². The van der Waals surface area contributed by atoms with E-state index in [-0.39, 0.29) is 11.5 Å². The van der Waals surface area contributed by atoms with Crippen molar-refractivity contribution in [3.63, 3.8) is 0 Å². The van der Waals surface area contributed by atoms with E-state index in [1.54, 1.807) is 0 Å². The van der Waals surface area contributed by atoms with Gasteiger partial charge in [0.15, 0.2) is 5.82 Å². The molecular formula is C12H12FN3O. The molecule has 2 aromatic rings. The number of nitrogens with zero attached hydrogens (tertiary/aromatic N) is 2. The van der Waals surface area contributed by atoms with Crippen molar-refractivity contribution in [1.82, 2.24) is 10.1 Å². The van der Waals surface area contributed by atoms with Crippen LogP contribution in [0.3, 0.4) is 0 Å². The predicted molar refractivity (Wildman–Crippen MR) is 60.7 cm³/mol. The first-order valence-corrected chi connectivity index (χ1v) is 5.63. The molecule has 0 saturated heterocycles. The van der Waals surface area contributed by atoms with Crippen molar-refractivity contribution in [2.75, 3.05) is 5.73 Å². The second-order valence-electron chi connectivity index (χ2n) is 4.32. The Hall–Kier alpha value is -1.91. The third kappa shape index (κ3) is 1.77. The number of nitrogens with two attached hydrogens (primary N) is 1. The first kappa shape index (κ1) is 10.3. The van der Waals surface area contributed by atoms with Gasteiger partial charge in [-0.2, -0.15) is 4.98 Å². The summed E-state index contributed by atoms with van der Waals surface area (Å²) in [4.78, 5) is 4.23. The summed E-state index contributed by atoms with van der Waals surface area (Å²) in [5.41, 5.74) is 6.36. The molecule has 0 spiro atoms. The number of rotatable bonds is 2. The van der Waals surface area contributed by atoms with Crippen molar-refractivity contribution in [3.8, 4) is 11.5 Å². The van der Waals surface area contributed by atoms with E-state index in [2.05, 4.69) is 10.1 Å². The zero-order valence-corrected chi connectivity index (χ0v) is 9.19. The highest BCUT2D eigenvalue weighted by molar-refractivity contribution is 5.60. The highest BCUT2D eigenvalue weighted by atomic mass is 19.1. The third-order valence-corrected chi connectivity index (χ3v) is 3.13. The molecule has 1 fully saturated rings. The molecule has 0 unspecified atom stereocenters. The monoisotopic (exact) mass is 233 g/mol. The molecule has 5 heteroatoms. The molecule has 1 aromatic carbocycles. The van der Waals surface area contributed by atoms with Gasteiger partial charge in [-0.15, -0.1) is 0 Å². The van der Waals surface area contributed by atoms with E-state index >= 15 is 0 Å². The van der Waals surface area contributed by atoms with Crippen LogP contribution in [-0.4, -0.2) is 10.1 Å². The maximum atomic E-state index is 13.6. The minimum Gasteiger partial charge on any atom is -0.399 e. The molecule has 1 aromatic heterocycles. The van der Waals surface area contributed by atoms with Crippen molar-refractivity contribution in [2.45, 2.75) is 25.2 Å². The van der Waals surface area contributed by atoms with Crippen LogP contribution < -0.4 is 5.73 Å². The molecule has 4 nitrogen and oxygen atoms in total. The van der Waals surface area contributed by atoms with E-state index in [1.165, 1.54) is 24.6 Å². The smallest absolute Gasteiger partial charge is 0.260 e. The van der Waals surface area contributed by atoms with Gasteiger partial charge in [0.05, 0.1) is 5.56 Å². The van der Waals surface area contributed by atoms with Gasteiger partial charge in [0.25, 0.3) is 5.89 Å². The number of anilines is 1. The van der Waals surface area contributed by atoms with Gasteiger partial charge in [0, 0.05) is 11.6 Å². The normalized spacial score (nSPS) is 15.8. The molecular weight excluding hydrogens is 221 g/mol. The highest BCUT2D eigenvalue weighted by Gasteiger charge is 2.25. The van der Waals surface area contributed by atoms with Crippen LogP contribution in [0.1, 0.15) is 31.0 Å². The van der Waals surface area contributed by atoms with Crippen LogP contribution in [0.25, 0.3) is 11.5 Å². The fourth-order valence-electron chi connectivity index (χ4n) is 1.88. The molecule has 0 atom stereocenters. The summed E-state index contributed by atoms with van der Waals surface area (Å²) in [5.74, 6) is 0.851. The Morgan fingerprint density at radius 3 is 2.88 bits per heavy atom. The van der Waals surface area contributed by atoms with E-state index in [1.807, 2.05) is 0 Å². The van der Waals surface area contributed by atoms with Gasteiger partial charge in [-0.05, 0) is 31.0 Å². The lowest BCUT2D eigenvalue weighted by atomic mass is 9.85. The maximum Gasteiger partial charge on any atom is 0.260 e. The summed E-state index contributed by atoms with van der Waals surface area (Å²) in [6, 6.07) is 4.31. The van der Waals surface area contributed by atoms with Gasteiger partial charge >= 0.3 is 0 Å². The second-order valence-corrected chi connectivity index (χ2v) is 4.32. The van der Waals surface area contributed by atoms with Crippen molar-refractivity contribution in [1.29, 1.82) is 0 Å². The van der Waals surface area contributed by atoms with Gasteiger partial charge in [0.2, 0.25) is 0 Å². The summed E-state index contributed by atoms with van der Waals surface area (Å²) in [6.45, 7) is 0. The molecule has 0 radical (unpaired) electrons. The van der Waals surface area contributed by atoms with Crippen molar-refractivity contribution in [2.24, 2.45) is 0 Å². The van der Waals surface area contributed by atoms with Crippen molar-refractivity contribution < 1.29 is 8.91 Å². The first-order valence-electron chi connectivity index (χ1n) is 5.63. The number of hydrogen-bond acceptors (Lipinski definition) is 4. The van der Waals surface area contributed by atoms with Crippen molar-refractivity contribution in [3.05, 3.63) is 29.8 Å². The lowest BCUT2D eigenvalue weighted by Gasteiger charge is -2.20.